The normalized spacial score (nSPS) is 27.1. The van der Waals surface area contributed by atoms with Gasteiger partial charge in [0.1, 0.15) is 48.5 Å². The van der Waals surface area contributed by atoms with E-state index in [9.17, 15) is 53.4 Å². The van der Waals surface area contributed by atoms with E-state index < -0.39 is 79.5 Å². The number of ether oxygens (including phenoxy) is 1. The second kappa shape index (κ2) is 12.6. The summed E-state index contributed by atoms with van der Waals surface area (Å²) in [5, 5.41) is 38.7. The van der Waals surface area contributed by atoms with Crippen LogP contribution in [0.1, 0.15) is 6.23 Å². The number of phosphoric ester groups is 3. The molecule has 3 heterocycles. The summed E-state index contributed by atoms with van der Waals surface area (Å²) in [6.45, 7) is -2.34. The van der Waals surface area contributed by atoms with E-state index in [-0.39, 0.29) is 23.3 Å². The third-order valence-corrected chi connectivity index (χ3v) is 8.25. The van der Waals surface area contributed by atoms with E-state index in [4.69, 9.17) is 15.6 Å². The number of aldehydes is 1. The van der Waals surface area contributed by atoms with Crippen LogP contribution in [-0.4, -0.2) is 116 Å². The minimum absolute atomic E-state index is 0.00641. The molecule has 226 valence electrons. The van der Waals surface area contributed by atoms with Crippen molar-refractivity contribution in [3.63, 3.8) is 0 Å². The van der Waals surface area contributed by atoms with Crippen molar-refractivity contribution in [2.24, 2.45) is 0 Å². The second-order valence-corrected chi connectivity index (χ2v) is 12.2. The number of rotatable bonds is 14. The third kappa shape index (κ3) is 8.14. The second-order valence-electron chi connectivity index (χ2n) is 7.99. The molecular formula is C15H24N5O17P3. The summed E-state index contributed by atoms with van der Waals surface area (Å²) in [6.07, 6.45) is -11.4. The fourth-order valence-electron chi connectivity index (χ4n) is 3.33. The number of aliphatic hydroxyl groups excluding tert-OH is 4. The molecule has 1 fully saturated rings. The van der Waals surface area contributed by atoms with E-state index >= 15 is 0 Å². The summed E-state index contributed by atoms with van der Waals surface area (Å²) < 4.78 is 59.7. The van der Waals surface area contributed by atoms with Crippen LogP contribution in [0.3, 0.4) is 0 Å². The number of carbonyl (C=O) groups is 1. The zero-order valence-electron chi connectivity index (χ0n) is 19.6. The van der Waals surface area contributed by atoms with Crippen molar-refractivity contribution >= 4 is 46.7 Å². The van der Waals surface area contributed by atoms with Gasteiger partial charge in [0.05, 0.1) is 19.5 Å². The van der Waals surface area contributed by atoms with Gasteiger partial charge < -0.3 is 55.3 Å². The number of hydrogen-bond donors (Lipinski definition) is 9. The molecule has 9 atom stereocenters. The number of nitrogens with zero attached hydrogens (tertiary/aromatic N) is 4. The summed E-state index contributed by atoms with van der Waals surface area (Å²) in [6, 6.07) is 0. The molecule has 40 heavy (non-hydrogen) atoms. The SMILES string of the molecule is Nc1ncnc2c1ncn2[C@@H]1O[C@H](COP(=O)(O)OP(=O)(O)OC[C@@H](O)[C@@H](O)[C@@H](O)C=O)[C@@H](O)[C@H]1OP(=O)(O)O. The van der Waals surface area contributed by atoms with Gasteiger partial charge >= 0.3 is 23.5 Å². The lowest BCUT2D eigenvalue weighted by molar-refractivity contribution is -0.127. The number of phosphoric acid groups is 3. The largest absolute Gasteiger partial charge is 0.481 e. The number of anilines is 1. The van der Waals surface area contributed by atoms with Crippen molar-refractivity contribution in [3.05, 3.63) is 12.7 Å². The standard InChI is InChI=1S/C15H24N5O17P3/c16-13-9-14(18-4-17-13)20(5-19-9)15-12(36-38(26,27)28)11(25)8(35-15)3-34-40(31,32)37-39(29,30)33-2-7(23)10(24)6(22)1-21/h1,4-8,10-12,15,22-25H,2-3H2,(H,29,30)(H,31,32)(H2,16,17,18)(H2,26,27,28)/t6-,7+,8+,10-,11+,12+,15+/m0/s1. The predicted molar refractivity (Wildman–Crippen MR) is 123 cm³/mol. The topological polar surface area (TPSA) is 346 Å². The minimum Gasteiger partial charge on any atom is -0.388 e. The van der Waals surface area contributed by atoms with Crippen molar-refractivity contribution in [2.75, 3.05) is 18.9 Å². The molecule has 2 aromatic heterocycles. The highest BCUT2D eigenvalue weighted by atomic mass is 31.3. The molecule has 1 aliphatic rings. The molecule has 0 amide bonds. The highest BCUT2D eigenvalue weighted by Gasteiger charge is 2.50. The predicted octanol–water partition coefficient (Wildman–Crippen LogP) is -3.32. The van der Waals surface area contributed by atoms with E-state index in [0.29, 0.717) is 0 Å². The first-order valence-electron chi connectivity index (χ1n) is 10.6. The maximum Gasteiger partial charge on any atom is 0.481 e. The van der Waals surface area contributed by atoms with Crippen molar-refractivity contribution < 1.29 is 81.1 Å². The van der Waals surface area contributed by atoms with Gasteiger partial charge in [0.15, 0.2) is 24.0 Å². The number of nitrogen functional groups attached to an aromatic ring is 1. The molecule has 3 rings (SSSR count). The Morgan fingerprint density at radius 2 is 1.73 bits per heavy atom. The van der Waals surface area contributed by atoms with Gasteiger partial charge in [-0.3, -0.25) is 18.1 Å². The van der Waals surface area contributed by atoms with E-state index in [2.05, 4.69) is 32.8 Å². The Morgan fingerprint density at radius 3 is 2.35 bits per heavy atom. The molecule has 0 bridgehead atoms. The molecule has 0 radical (unpaired) electrons. The Hall–Kier alpha value is -1.81. The summed E-state index contributed by atoms with van der Waals surface area (Å²) in [7, 11) is -16.3. The van der Waals surface area contributed by atoms with Gasteiger partial charge in [-0.05, 0) is 0 Å². The van der Waals surface area contributed by atoms with Gasteiger partial charge in [-0.15, -0.1) is 0 Å². The molecule has 2 unspecified atom stereocenters. The van der Waals surface area contributed by atoms with Crippen LogP contribution in [-0.2, 0) is 41.1 Å². The Labute approximate surface area is 222 Å². The molecule has 0 saturated carbocycles. The maximum absolute atomic E-state index is 12.2. The number of aliphatic hydroxyl groups is 4. The smallest absolute Gasteiger partial charge is 0.388 e. The fourth-order valence-corrected chi connectivity index (χ4v) is 5.97. The quantitative estimate of drug-likeness (QED) is 0.0721. The van der Waals surface area contributed by atoms with Crippen molar-refractivity contribution in [2.45, 2.75) is 42.9 Å². The van der Waals surface area contributed by atoms with Gasteiger partial charge in [-0.1, -0.05) is 0 Å². The molecule has 1 saturated heterocycles. The maximum atomic E-state index is 12.2. The van der Waals surface area contributed by atoms with Crippen molar-refractivity contribution in [3.8, 4) is 0 Å². The van der Waals surface area contributed by atoms with E-state index in [1.807, 2.05) is 0 Å². The van der Waals surface area contributed by atoms with Crippen molar-refractivity contribution in [1.82, 2.24) is 19.5 Å². The monoisotopic (exact) mass is 639 g/mol. The molecule has 10 N–H and O–H groups in total. The van der Waals surface area contributed by atoms with Gasteiger partial charge in [0, 0.05) is 0 Å². The van der Waals surface area contributed by atoms with Gasteiger partial charge in [-0.25, -0.2) is 28.6 Å². The minimum atomic E-state index is -5.52. The highest BCUT2D eigenvalue weighted by Crippen LogP contribution is 2.60. The van der Waals surface area contributed by atoms with Crippen LogP contribution < -0.4 is 5.73 Å². The zero-order valence-corrected chi connectivity index (χ0v) is 22.3. The Bertz CT molecular complexity index is 1340. The van der Waals surface area contributed by atoms with Gasteiger partial charge in [-0.2, -0.15) is 4.31 Å². The van der Waals surface area contributed by atoms with Gasteiger partial charge in [0.2, 0.25) is 0 Å². The third-order valence-electron chi connectivity index (χ3n) is 5.13. The lowest BCUT2D eigenvalue weighted by Crippen LogP contribution is -2.40. The summed E-state index contributed by atoms with van der Waals surface area (Å²) in [5.41, 5.74) is 5.76. The van der Waals surface area contributed by atoms with Crippen LogP contribution in [0.5, 0.6) is 0 Å². The Morgan fingerprint density at radius 1 is 1.07 bits per heavy atom. The van der Waals surface area contributed by atoms with Crippen molar-refractivity contribution in [1.29, 1.82) is 0 Å². The van der Waals surface area contributed by atoms with E-state index in [1.54, 1.807) is 0 Å². The molecule has 25 heteroatoms. The van der Waals surface area contributed by atoms with Crippen LogP contribution in [0.15, 0.2) is 12.7 Å². The number of nitrogens with two attached hydrogens (primary N) is 1. The Balaban J connectivity index is 1.70. The van der Waals surface area contributed by atoms with Crippen LogP contribution in [0.2, 0.25) is 0 Å². The van der Waals surface area contributed by atoms with Gasteiger partial charge in [0.25, 0.3) is 0 Å². The average molecular weight is 639 g/mol. The summed E-state index contributed by atoms with van der Waals surface area (Å²) in [5.74, 6) is -0.0643. The highest BCUT2D eigenvalue weighted by molar-refractivity contribution is 7.61. The zero-order chi connectivity index (χ0) is 30.0. The molecule has 1 aliphatic heterocycles. The average Bonchev–Trinajstić information content (AvgIpc) is 3.41. The van der Waals surface area contributed by atoms with E-state index in [0.717, 1.165) is 17.2 Å². The number of hydrogen-bond acceptors (Lipinski definition) is 17. The van der Waals surface area contributed by atoms with Crippen LogP contribution in [0, 0.1) is 0 Å². The first-order valence-corrected chi connectivity index (χ1v) is 15.1. The Kier molecular flexibility index (Phi) is 10.3. The molecule has 0 spiro atoms. The number of aromatic nitrogens is 4. The first-order chi connectivity index (χ1) is 18.4. The lowest BCUT2D eigenvalue weighted by atomic mass is 10.1. The molecule has 2 aromatic rings. The lowest BCUT2D eigenvalue weighted by Gasteiger charge is -2.22. The van der Waals surface area contributed by atoms with Crippen LogP contribution in [0.4, 0.5) is 5.82 Å². The summed E-state index contributed by atoms with van der Waals surface area (Å²) in [4.78, 5) is 60.1. The molecular weight excluding hydrogens is 615 g/mol. The number of carbonyl (C=O) groups excluding carboxylic acids is 1. The molecule has 0 aromatic carbocycles. The summed E-state index contributed by atoms with van der Waals surface area (Å²) >= 11 is 0. The van der Waals surface area contributed by atoms with Crippen LogP contribution in [0.25, 0.3) is 11.2 Å². The first kappa shape index (κ1) is 32.7. The number of fused-ring (bicyclic) bond motifs is 1. The van der Waals surface area contributed by atoms with E-state index in [1.165, 1.54) is 0 Å². The molecule has 0 aliphatic carbocycles. The number of imidazole rings is 1. The fraction of sp³-hybridized carbons (Fsp3) is 0.600. The van der Waals surface area contributed by atoms with Crippen LogP contribution >= 0.6 is 23.5 Å². The molecule has 22 nitrogen and oxygen atoms in total.